The van der Waals surface area contributed by atoms with Gasteiger partial charge in [-0.25, -0.2) is 0 Å². The lowest BCUT2D eigenvalue weighted by atomic mass is 9.95. The molecule has 1 N–H and O–H groups in total. The van der Waals surface area contributed by atoms with Gasteiger partial charge in [0.2, 0.25) is 0 Å². The number of hydrogen-bond acceptors (Lipinski definition) is 2. The first-order chi connectivity index (χ1) is 9.18. The van der Waals surface area contributed by atoms with Crippen LogP contribution in [0.5, 0.6) is 0 Å². The van der Waals surface area contributed by atoms with Crippen LogP contribution < -0.4 is 5.32 Å². The van der Waals surface area contributed by atoms with Gasteiger partial charge in [0, 0.05) is 18.1 Å². The minimum atomic E-state index is 0.633. The summed E-state index contributed by atoms with van der Waals surface area (Å²) < 4.78 is 0. The van der Waals surface area contributed by atoms with Crippen LogP contribution in [0.2, 0.25) is 0 Å². The number of nitrogens with one attached hydrogen (secondary N) is 1. The van der Waals surface area contributed by atoms with E-state index >= 15 is 0 Å². The van der Waals surface area contributed by atoms with Gasteiger partial charge in [-0.3, -0.25) is 4.90 Å². The van der Waals surface area contributed by atoms with E-state index in [2.05, 4.69) is 31.0 Å². The zero-order valence-corrected chi connectivity index (χ0v) is 13.3. The van der Waals surface area contributed by atoms with E-state index in [9.17, 15) is 0 Å². The van der Waals surface area contributed by atoms with Gasteiger partial charge >= 0.3 is 0 Å². The lowest BCUT2D eigenvalue weighted by molar-refractivity contribution is 0.136. The molecule has 0 aromatic heterocycles. The average molecular weight is 266 g/mol. The van der Waals surface area contributed by atoms with Crippen molar-refractivity contribution in [3.63, 3.8) is 0 Å². The molecular formula is C17H34N2. The van der Waals surface area contributed by atoms with Gasteiger partial charge in [0.05, 0.1) is 0 Å². The Morgan fingerprint density at radius 2 is 1.79 bits per heavy atom. The van der Waals surface area contributed by atoms with E-state index in [-0.39, 0.29) is 0 Å². The maximum absolute atomic E-state index is 3.54. The van der Waals surface area contributed by atoms with Crippen LogP contribution in [0.15, 0.2) is 0 Å². The molecule has 2 rings (SSSR count). The molecular weight excluding hydrogens is 232 g/mol. The Morgan fingerprint density at radius 3 is 2.47 bits per heavy atom. The fraction of sp³-hybridized carbons (Fsp3) is 1.00. The summed E-state index contributed by atoms with van der Waals surface area (Å²) in [5.41, 5.74) is 0. The molecule has 1 saturated carbocycles. The Labute approximate surface area is 120 Å². The van der Waals surface area contributed by atoms with Crippen LogP contribution in [0.25, 0.3) is 0 Å². The van der Waals surface area contributed by atoms with Gasteiger partial charge in [-0.1, -0.05) is 26.7 Å². The van der Waals surface area contributed by atoms with E-state index in [4.69, 9.17) is 0 Å². The predicted octanol–water partition coefficient (Wildman–Crippen LogP) is 3.81. The first-order valence-electron chi connectivity index (χ1n) is 8.67. The third-order valence-corrected chi connectivity index (χ3v) is 5.20. The van der Waals surface area contributed by atoms with E-state index in [0.29, 0.717) is 6.04 Å². The Kier molecular flexibility index (Phi) is 6.15. The Morgan fingerprint density at radius 1 is 1.05 bits per heavy atom. The van der Waals surface area contributed by atoms with Crippen LogP contribution in [-0.2, 0) is 0 Å². The van der Waals surface area contributed by atoms with Crippen LogP contribution in [0, 0.1) is 5.92 Å². The molecule has 19 heavy (non-hydrogen) atoms. The smallest absolute Gasteiger partial charge is 0.0127 e. The van der Waals surface area contributed by atoms with E-state index in [1.54, 1.807) is 0 Å². The molecule has 0 aromatic carbocycles. The average Bonchev–Trinajstić information content (AvgIpc) is 3.02. The number of likely N-dealkylation sites (tertiary alicyclic amines) is 1. The van der Waals surface area contributed by atoms with Gasteiger partial charge in [-0.05, 0) is 64.5 Å². The predicted molar refractivity (Wildman–Crippen MR) is 83.5 cm³/mol. The largest absolute Gasteiger partial charge is 0.315 e. The number of hydrogen-bond donors (Lipinski definition) is 1. The summed E-state index contributed by atoms with van der Waals surface area (Å²) >= 11 is 0. The van der Waals surface area contributed by atoms with Gasteiger partial charge in [0.1, 0.15) is 0 Å². The fourth-order valence-corrected chi connectivity index (χ4v) is 4.16. The molecule has 0 amide bonds. The maximum Gasteiger partial charge on any atom is 0.0127 e. The minimum absolute atomic E-state index is 0.633. The summed E-state index contributed by atoms with van der Waals surface area (Å²) in [4.78, 5) is 2.85. The summed E-state index contributed by atoms with van der Waals surface area (Å²) in [5.74, 6) is 1.03. The molecule has 0 bridgehead atoms. The van der Waals surface area contributed by atoms with E-state index in [1.807, 2.05) is 0 Å². The maximum atomic E-state index is 3.54. The quantitative estimate of drug-likeness (QED) is 0.705. The van der Waals surface area contributed by atoms with Crippen molar-refractivity contribution < 1.29 is 0 Å². The van der Waals surface area contributed by atoms with Crippen molar-refractivity contribution in [1.29, 1.82) is 0 Å². The van der Waals surface area contributed by atoms with Crippen LogP contribution in [0.4, 0.5) is 0 Å². The van der Waals surface area contributed by atoms with E-state index in [0.717, 1.165) is 18.0 Å². The minimum Gasteiger partial charge on any atom is -0.315 e. The second kappa shape index (κ2) is 7.64. The van der Waals surface area contributed by atoms with Crippen LogP contribution in [0.3, 0.4) is 0 Å². The molecule has 112 valence electrons. The van der Waals surface area contributed by atoms with Gasteiger partial charge in [-0.2, -0.15) is 0 Å². The Balaban J connectivity index is 1.72. The highest BCUT2D eigenvalue weighted by molar-refractivity contribution is 4.89. The normalized spacial score (nSPS) is 27.5. The molecule has 0 radical (unpaired) electrons. The first-order valence-corrected chi connectivity index (χ1v) is 8.67. The molecule has 1 aliphatic heterocycles. The van der Waals surface area contributed by atoms with Crippen LogP contribution in [0.1, 0.15) is 72.1 Å². The molecule has 2 heteroatoms. The van der Waals surface area contributed by atoms with Gasteiger partial charge < -0.3 is 5.32 Å². The van der Waals surface area contributed by atoms with Crippen molar-refractivity contribution in [2.45, 2.75) is 90.3 Å². The lowest BCUT2D eigenvalue weighted by Gasteiger charge is -2.34. The van der Waals surface area contributed by atoms with Crippen LogP contribution >= 0.6 is 0 Å². The summed E-state index contributed by atoms with van der Waals surface area (Å²) in [6, 6.07) is 2.35. The highest BCUT2D eigenvalue weighted by Crippen LogP contribution is 2.36. The molecule has 2 unspecified atom stereocenters. The monoisotopic (exact) mass is 266 g/mol. The first kappa shape index (κ1) is 15.3. The Bertz CT molecular complexity index is 246. The standard InChI is InChI=1S/C17H34N2/c1-14(2)18-12-6-8-15(3)19-13-7-11-17(19)16-9-4-5-10-16/h14-18H,4-13H2,1-3H3. The lowest BCUT2D eigenvalue weighted by Crippen LogP contribution is -2.41. The summed E-state index contributed by atoms with van der Waals surface area (Å²) in [6.07, 6.45) is 11.6. The van der Waals surface area contributed by atoms with Crippen molar-refractivity contribution in [3.05, 3.63) is 0 Å². The molecule has 0 aromatic rings. The second-order valence-electron chi connectivity index (χ2n) is 7.09. The SMILES string of the molecule is CC(C)NCCCC(C)N1CCCC1C1CCCC1. The molecule has 2 atom stereocenters. The zero-order valence-electron chi connectivity index (χ0n) is 13.3. The molecule has 2 nitrogen and oxygen atoms in total. The molecule has 1 saturated heterocycles. The number of nitrogens with zero attached hydrogens (tertiary/aromatic N) is 1. The topological polar surface area (TPSA) is 15.3 Å². The fourth-order valence-electron chi connectivity index (χ4n) is 4.16. The molecule has 1 aliphatic carbocycles. The molecule has 2 fully saturated rings. The van der Waals surface area contributed by atoms with E-state index < -0.39 is 0 Å². The van der Waals surface area contributed by atoms with Crippen molar-refractivity contribution in [2.24, 2.45) is 5.92 Å². The number of rotatable bonds is 7. The van der Waals surface area contributed by atoms with Crippen LogP contribution in [-0.4, -0.2) is 36.1 Å². The van der Waals surface area contributed by atoms with Crippen molar-refractivity contribution in [2.75, 3.05) is 13.1 Å². The van der Waals surface area contributed by atoms with Crippen molar-refractivity contribution >= 4 is 0 Å². The van der Waals surface area contributed by atoms with Crippen molar-refractivity contribution in [3.8, 4) is 0 Å². The van der Waals surface area contributed by atoms with Crippen molar-refractivity contribution in [1.82, 2.24) is 10.2 Å². The summed E-state index contributed by atoms with van der Waals surface area (Å²) in [6.45, 7) is 9.48. The summed E-state index contributed by atoms with van der Waals surface area (Å²) in [5, 5.41) is 3.54. The summed E-state index contributed by atoms with van der Waals surface area (Å²) in [7, 11) is 0. The highest BCUT2D eigenvalue weighted by Gasteiger charge is 2.35. The van der Waals surface area contributed by atoms with E-state index in [1.165, 1.54) is 64.5 Å². The zero-order chi connectivity index (χ0) is 13.7. The third-order valence-electron chi connectivity index (χ3n) is 5.20. The van der Waals surface area contributed by atoms with Gasteiger partial charge in [0.25, 0.3) is 0 Å². The second-order valence-corrected chi connectivity index (χ2v) is 7.09. The molecule has 2 aliphatic rings. The van der Waals surface area contributed by atoms with Gasteiger partial charge in [-0.15, -0.1) is 0 Å². The third kappa shape index (κ3) is 4.46. The molecule has 0 spiro atoms. The highest BCUT2D eigenvalue weighted by atomic mass is 15.2. The Hall–Kier alpha value is -0.0800. The van der Waals surface area contributed by atoms with Gasteiger partial charge in [0.15, 0.2) is 0 Å². The molecule has 1 heterocycles.